The maximum Gasteiger partial charge on any atom is 0.292 e. The SMILES string of the molecule is CC(=O)N1CC(Nc2cc(C#N)ccc2[N+](=O)[O-])C1. The topological polar surface area (TPSA) is 99.3 Å². The minimum absolute atomic E-state index is 0.0154. The van der Waals surface area contributed by atoms with E-state index in [2.05, 4.69) is 5.32 Å². The van der Waals surface area contributed by atoms with E-state index in [0.29, 0.717) is 24.3 Å². The summed E-state index contributed by atoms with van der Waals surface area (Å²) in [4.78, 5) is 23.1. The van der Waals surface area contributed by atoms with Crippen LogP contribution in [0.25, 0.3) is 0 Å². The molecule has 1 aliphatic rings. The number of nitrogens with one attached hydrogen (secondary N) is 1. The molecule has 0 radical (unpaired) electrons. The summed E-state index contributed by atoms with van der Waals surface area (Å²) in [5.41, 5.74) is 0.605. The van der Waals surface area contributed by atoms with Crippen LogP contribution in [0, 0.1) is 21.4 Å². The Bertz CT molecular complexity index is 573. The quantitative estimate of drug-likeness (QED) is 0.648. The third-order valence-corrected chi connectivity index (χ3v) is 3.01. The van der Waals surface area contributed by atoms with Gasteiger partial charge >= 0.3 is 0 Å². The number of carbonyl (C=O) groups excluding carboxylic acids is 1. The van der Waals surface area contributed by atoms with Gasteiger partial charge in [-0.2, -0.15) is 5.26 Å². The van der Waals surface area contributed by atoms with Crippen LogP contribution in [0.15, 0.2) is 18.2 Å². The van der Waals surface area contributed by atoms with E-state index < -0.39 is 4.92 Å². The van der Waals surface area contributed by atoms with Gasteiger partial charge in [0, 0.05) is 26.1 Å². The summed E-state index contributed by atoms with van der Waals surface area (Å²) in [6.45, 7) is 2.52. The van der Waals surface area contributed by atoms with Crippen molar-refractivity contribution in [3.8, 4) is 6.07 Å². The minimum Gasteiger partial charge on any atom is -0.373 e. The summed E-state index contributed by atoms with van der Waals surface area (Å²) in [6.07, 6.45) is 0. The average molecular weight is 260 g/mol. The molecular formula is C12H12N4O3. The standard InChI is InChI=1S/C12H12N4O3/c1-8(17)15-6-10(7-15)14-11-4-9(5-13)2-3-12(11)16(18)19/h2-4,10,14H,6-7H2,1H3. The van der Waals surface area contributed by atoms with E-state index in [1.54, 1.807) is 4.90 Å². The Morgan fingerprint density at radius 3 is 2.79 bits per heavy atom. The number of nitro benzene ring substituents is 1. The van der Waals surface area contributed by atoms with Crippen molar-refractivity contribution >= 4 is 17.3 Å². The molecule has 1 aliphatic heterocycles. The van der Waals surface area contributed by atoms with Crippen molar-refractivity contribution in [2.75, 3.05) is 18.4 Å². The molecule has 1 fully saturated rings. The number of carbonyl (C=O) groups is 1. The Balaban J connectivity index is 2.13. The molecule has 1 saturated heterocycles. The summed E-state index contributed by atoms with van der Waals surface area (Å²) in [5.74, 6) is -0.0154. The first kappa shape index (κ1) is 12.8. The predicted molar refractivity (Wildman–Crippen MR) is 67.5 cm³/mol. The summed E-state index contributed by atoms with van der Waals surface area (Å²) < 4.78 is 0. The largest absolute Gasteiger partial charge is 0.373 e. The fourth-order valence-electron chi connectivity index (χ4n) is 1.93. The molecule has 0 aromatic heterocycles. The summed E-state index contributed by atoms with van der Waals surface area (Å²) >= 11 is 0. The fourth-order valence-corrected chi connectivity index (χ4v) is 1.93. The highest BCUT2D eigenvalue weighted by atomic mass is 16.6. The average Bonchev–Trinajstić information content (AvgIpc) is 2.32. The molecule has 1 N–H and O–H groups in total. The first-order valence-corrected chi connectivity index (χ1v) is 5.72. The molecule has 0 unspecified atom stereocenters. The molecule has 7 nitrogen and oxygen atoms in total. The van der Waals surface area contributed by atoms with Gasteiger partial charge in [-0.1, -0.05) is 0 Å². The van der Waals surface area contributed by atoms with Gasteiger partial charge in [0.25, 0.3) is 5.69 Å². The highest BCUT2D eigenvalue weighted by Gasteiger charge is 2.30. The summed E-state index contributed by atoms with van der Waals surface area (Å²) in [7, 11) is 0. The van der Waals surface area contributed by atoms with Gasteiger partial charge in [0.2, 0.25) is 5.91 Å². The van der Waals surface area contributed by atoms with E-state index in [9.17, 15) is 14.9 Å². The molecule has 0 aliphatic carbocycles. The Labute approximate surface area is 109 Å². The molecular weight excluding hydrogens is 248 g/mol. The molecule has 2 rings (SSSR count). The van der Waals surface area contributed by atoms with Crippen molar-refractivity contribution < 1.29 is 9.72 Å². The molecule has 1 heterocycles. The number of nitriles is 1. The maximum absolute atomic E-state index is 11.0. The van der Waals surface area contributed by atoms with Crippen molar-refractivity contribution in [1.82, 2.24) is 4.90 Å². The second kappa shape index (κ2) is 4.94. The zero-order valence-electron chi connectivity index (χ0n) is 10.3. The first-order chi connectivity index (χ1) is 9.01. The number of nitro groups is 1. The van der Waals surface area contributed by atoms with Gasteiger partial charge < -0.3 is 10.2 Å². The molecule has 7 heteroatoms. The fraction of sp³-hybridized carbons (Fsp3) is 0.333. The van der Waals surface area contributed by atoms with E-state index in [0.717, 1.165) is 0 Å². The molecule has 1 aromatic rings. The maximum atomic E-state index is 11.0. The lowest BCUT2D eigenvalue weighted by Gasteiger charge is -2.39. The Hall–Kier alpha value is -2.62. The minimum atomic E-state index is -0.495. The van der Waals surface area contributed by atoms with Crippen LogP contribution in [0.4, 0.5) is 11.4 Å². The number of anilines is 1. The lowest BCUT2D eigenvalue weighted by molar-refractivity contribution is -0.384. The number of benzene rings is 1. The first-order valence-electron chi connectivity index (χ1n) is 5.72. The lowest BCUT2D eigenvalue weighted by Crippen LogP contribution is -2.56. The van der Waals surface area contributed by atoms with Crippen LogP contribution in [0.5, 0.6) is 0 Å². The van der Waals surface area contributed by atoms with Crippen LogP contribution in [0.1, 0.15) is 12.5 Å². The van der Waals surface area contributed by atoms with E-state index in [1.807, 2.05) is 6.07 Å². The Morgan fingerprint density at radius 2 is 2.26 bits per heavy atom. The third-order valence-electron chi connectivity index (χ3n) is 3.01. The molecule has 98 valence electrons. The highest BCUT2D eigenvalue weighted by Crippen LogP contribution is 2.27. The number of hydrogen-bond donors (Lipinski definition) is 1. The highest BCUT2D eigenvalue weighted by molar-refractivity contribution is 5.75. The third kappa shape index (κ3) is 2.63. The van der Waals surface area contributed by atoms with Gasteiger partial charge in [0.15, 0.2) is 0 Å². The van der Waals surface area contributed by atoms with Gasteiger partial charge in [0.1, 0.15) is 5.69 Å². The van der Waals surface area contributed by atoms with E-state index in [1.165, 1.54) is 25.1 Å². The van der Waals surface area contributed by atoms with Crippen LogP contribution in [-0.2, 0) is 4.79 Å². The Morgan fingerprint density at radius 1 is 1.58 bits per heavy atom. The molecule has 19 heavy (non-hydrogen) atoms. The predicted octanol–water partition coefficient (Wildman–Crippen LogP) is 1.11. The van der Waals surface area contributed by atoms with Crippen LogP contribution in [0.3, 0.4) is 0 Å². The second-order valence-corrected chi connectivity index (χ2v) is 4.37. The van der Waals surface area contributed by atoms with Gasteiger partial charge in [-0.25, -0.2) is 0 Å². The monoisotopic (exact) mass is 260 g/mol. The van der Waals surface area contributed by atoms with Crippen LogP contribution < -0.4 is 5.32 Å². The lowest BCUT2D eigenvalue weighted by atomic mass is 10.1. The van der Waals surface area contributed by atoms with Crippen molar-refractivity contribution in [2.24, 2.45) is 0 Å². The zero-order valence-corrected chi connectivity index (χ0v) is 10.3. The van der Waals surface area contributed by atoms with Gasteiger partial charge in [0.05, 0.1) is 22.6 Å². The number of likely N-dealkylation sites (tertiary alicyclic amines) is 1. The van der Waals surface area contributed by atoms with Crippen molar-refractivity contribution in [3.63, 3.8) is 0 Å². The molecule has 0 bridgehead atoms. The number of amides is 1. The number of rotatable bonds is 3. The zero-order chi connectivity index (χ0) is 14.0. The number of nitrogens with zero attached hydrogens (tertiary/aromatic N) is 3. The molecule has 0 saturated carbocycles. The molecule has 1 amide bonds. The van der Waals surface area contributed by atoms with Crippen LogP contribution in [-0.4, -0.2) is 34.9 Å². The molecule has 1 aromatic carbocycles. The molecule has 0 spiro atoms. The normalized spacial score (nSPS) is 14.4. The Kier molecular flexibility index (Phi) is 3.33. The smallest absolute Gasteiger partial charge is 0.292 e. The summed E-state index contributed by atoms with van der Waals surface area (Å²) in [6, 6.07) is 6.10. The van der Waals surface area contributed by atoms with Gasteiger partial charge in [-0.05, 0) is 12.1 Å². The molecule has 0 atom stereocenters. The van der Waals surface area contributed by atoms with E-state index >= 15 is 0 Å². The van der Waals surface area contributed by atoms with Crippen LogP contribution >= 0.6 is 0 Å². The van der Waals surface area contributed by atoms with Crippen molar-refractivity contribution in [2.45, 2.75) is 13.0 Å². The van der Waals surface area contributed by atoms with E-state index in [4.69, 9.17) is 5.26 Å². The van der Waals surface area contributed by atoms with E-state index in [-0.39, 0.29) is 17.6 Å². The summed E-state index contributed by atoms with van der Waals surface area (Å²) in [5, 5.41) is 22.7. The second-order valence-electron chi connectivity index (χ2n) is 4.37. The number of hydrogen-bond acceptors (Lipinski definition) is 5. The van der Waals surface area contributed by atoms with Crippen molar-refractivity contribution in [3.05, 3.63) is 33.9 Å². The van der Waals surface area contributed by atoms with Crippen molar-refractivity contribution in [1.29, 1.82) is 5.26 Å². The van der Waals surface area contributed by atoms with Gasteiger partial charge in [-0.15, -0.1) is 0 Å². The van der Waals surface area contributed by atoms with Gasteiger partial charge in [-0.3, -0.25) is 14.9 Å². The van der Waals surface area contributed by atoms with Crippen LogP contribution in [0.2, 0.25) is 0 Å².